The predicted octanol–water partition coefficient (Wildman–Crippen LogP) is 2.77. The number of hydrogen-bond donors (Lipinski definition) is 0. The van der Waals surface area contributed by atoms with Gasteiger partial charge in [0.15, 0.2) is 0 Å². The topological polar surface area (TPSA) is 46.6 Å². The lowest BCUT2D eigenvalue weighted by Crippen LogP contribution is -2.21. The second-order valence-electron chi connectivity index (χ2n) is 5.19. The summed E-state index contributed by atoms with van der Waals surface area (Å²) >= 11 is 0. The van der Waals surface area contributed by atoms with Crippen molar-refractivity contribution in [2.75, 3.05) is 21.2 Å². The van der Waals surface area contributed by atoms with E-state index in [4.69, 9.17) is 4.74 Å². The number of carbonyl (C=O) groups excluding carboxylic acids is 2. The van der Waals surface area contributed by atoms with E-state index in [9.17, 15) is 9.59 Å². The molecule has 0 fully saturated rings. The van der Waals surface area contributed by atoms with Gasteiger partial charge in [0.05, 0.1) is 13.5 Å². The number of methoxy groups -OCH3 is 1. The highest BCUT2D eigenvalue weighted by atomic mass is 16.5. The molecule has 4 heteroatoms. The molecule has 114 valence electrons. The molecule has 1 amide bonds. The number of rotatable bonds is 4. The quantitative estimate of drug-likeness (QED) is 0.815. The van der Waals surface area contributed by atoms with E-state index in [0.717, 1.165) is 16.7 Å². The summed E-state index contributed by atoms with van der Waals surface area (Å²) in [6.07, 6.45) is 0.207. The molecule has 0 aliphatic rings. The minimum atomic E-state index is -0.284. The van der Waals surface area contributed by atoms with Gasteiger partial charge in [0, 0.05) is 19.7 Å². The fourth-order valence-corrected chi connectivity index (χ4v) is 2.26. The largest absolute Gasteiger partial charge is 0.469 e. The van der Waals surface area contributed by atoms with E-state index in [1.165, 1.54) is 7.11 Å². The van der Waals surface area contributed by atoms with Crippen molar-refractivity contribution in [2.24, 2.45) is 0 Å². The summed E-state index contributed by atoms with van der Waals surface area (Å²) in [4.78, 5) is 25.2. The highest BCUT2D eigenvalue weighted by Gasteiger charge is 2.12. The first-order valence-electron chi connectivity index (χ1n) is 6.99. The van der Waals surface area contributed by atoms with Gasteiger partial charge in [-0.25, -0.2) is 0 Å². The molecule has 0 saturated heterocycles. The van der Waals surface area contributed by atoms with Gasteiger partial charge in [-0.1, -0.05) is 36.4 Å². The lowest BCUT2D eigenvalue weighted by molar-refractivity contribution is -0.139. The zero-order valence-corrected chi connectivity index (χ0v) is 13.0. The molecular formula is C18H19NO3. The van der Waals surface area contributed by atoms with Gasteiger partial charge in [-0.15, -0.1) is 0 Å². The van der Waals surface area contributed by atoms with E-state index < -0.39 is 0 Å². The predicted molar refractivity (Wildman–Crippen MR) is 85.6 cm³/mol. The third kappa shape index (κ3) is 3.52. The SMILES string of the molecule is COC(=O)Cc1ccccc1-c1cccc(C(=O)N(C)C)c1. The molecular weight excluding hydrogens is 278 g/mol. The van der Waals surface area contributed by atoms with Crippen molar-refractivity contribution in [1.82, 2.24) is 4.90 Å². The Kier molecular flexibility index (Phi) is 4.94. The Labute approximate surface area is 130 Å². The van der Waals surface area contributed by atoms with Crippen LogP contribution in [0.4, 0.5) is 0 Å². The van der Waals surface area contributed by atoms with Crippen LogP contribution in [0.2, 0.25) is 0 Å². The van der Waals surface area contributed by atoms with Gasteiger partial charge in [-0.05, 0) is 28.8 Å². The van der Waals surface area contributed by atoms with Gasteiger partial charge in [0.2, 0.25) is 0 Å². The first kappa shape index (κ1) is 15.8. The van der Waals surface area contributed by atoms with Crippen LogP contribution >= 0.6 is 0 Å². The second-order valence-corrected chi connectivity index (χ2v) is 5.19. The van der Waals surface area contributed by atoms with Crippen molar-refractivity contribution in [3.05, 3.63) is 59.7 Å². The monoisotopic (exact) mass is 297 g/mol. The normalized spacial score (nSPS) is 10.1. The molecule has 0 atom stereocenters. The van der Waals surface area contributed by atoms with E-state index in [1.807, 2.05) is 42.5 Å². The number of nitrogens with zero attached hydrogens (tertiary/aromatic N) is 1. The van der Waals surface area contributed by atoms with E-state index >= 15 is 0 Å². The first-order chi connectivity index (χ1) is 10.5. The van der Waals surface area contributed by atoms with E-state index in [0.29, 0.717) is 5.56 Å². The van der Waals surface area contributed by atoms with Gasteiger partial charge >= 0.3 is 5.97 Å². The molecule has 22 heavy (non-hydrogen) atoms. The average molecular weight is 297 g/mol. The Bertz CT molecular complexity index is 692. The Balaban J connectivity index is 2.42. The van der Waals surface area contributed by atoms with Crippen molar-refractivity contribution >= 4 is 11.9 Å². The average Bonchev–Trinajstić information content (AvgIpc) is 2.54. The molecule has 0 saturated carbocycles. The summed E-state index contributed by atoms with van der Waals surface area (Å²) in [5.74, 6) is -0.333. The van der Waals surface area contributed by atoms with Crippen molar-refractivity contribution in [3.8, 4) is 11.1 Å². The van der Waals surface area contributed by atoms with Crippen LogP contribution in [-0.2, 0) is 16.0 Å². The number of ether oxygens (including phenoxy) is 1. The Morgan fingerprint density at radius 2 is 1.77 bits per heavy atom. The zero-order valence-electron chi connectivity index (χ0n) is 13.0. The van der Waals surface area contributed by atoms with E-state index in [2.05, 4.69) is 0 Å². The van der Waals surface area contributed by atoms with Crippen LogP contribution in [-0.4, -0.2) is 38.0 Å². The molecule has 2 rings (SSSR count). The number of carbonyl (C=O) groups is 2. The number of amides is 1. The van der Waals surface area contributed by atoms with Crippen molar-refractivity contribution in [3.63, 3.8) is 0 Å². The number of hydrogen-bond acceptors (Lipinski definition) is 3. The van der Waals surface area contributed by atoms with Crippen LogP contribution in [0.15, 0.2) is 48.5 Å². The maximum atomic E-state index is 12.1. The third-order valence-corrected chi connectivity index (χ3v) is 3.41. The highest BCUT2D eigenvalue weighted by molar-refractivity contribution is 5.95. The lowest BCUT2D eigenvalue weighted by Gasteiger charge is -2.13. The molecule has 0 N–H and O–H groups in total. The molecule has 0 unspecified atom stereocenters. The molecule has 2 aromatic rings. The fraction of sp³-hybridized carbons (Fsp3) is 0.222. The van der Waals surface area contributed by atoms with Gasteiger partial charge in [-0.3, -0.25) is 9.59 Å². The van der Waals surface area contributed by atoms with Crippen LogP contribution in [0.1, 0.15) is 15.9 Å². The molecule has 4 nitrogen and oxygen atoms in total. The summed E-state index contributed by atoms with van der Waals surface area (Å²) in [5.41, 5.74) is 3.34. The molecule has 0 aromatic heterocycles. The van der Waals surface area contributed by atoms with Crippen molar-refractivity contribution < 1.29 is 14.3 Å². The maximum Gasteiger partial charge on any atom is 0.309 e. The Morgan fingerprint density at radius 1 is 1.05 bits per heavy atom. The lowest BCUT2D eigenvalue weighted by atomic mass is 9.96. The number of esters is 1. The molecule has 0 heterocycles. The standard InChI is InChI=1S/C18H19NO3/c1-19(2)18(21)15-9-6-8-13(11-15)16-10-5-4-7-14(16)12-17(20)22-3/h4-11H,12H2,1-3H3. The summed E-state index contributed by atoms with van der Waals surface area (Å²) in [6.45, 7) is 0. The first-order valence-corrected chi connectivity index (χ1v) is 6.99. The maximum absolute atomic E-state index is 12.1. The van der Waals surface area contributed by atoms with Crippen molar-refractivity contribution in [2.45, 2.75) is 6.42 Å². The molecule has 0 radical (unpaired) electrons. The fourth-order valence-electron chi connectivity index (χ4n) is 2.26. The molecule has 0 aliphatic carbocycles. The molecule has 0 aliphatic heterocycles. The Morgan fingerprint density at radius 3 is 2.45 bits per heavy atom. The molecule has 2 aromatic carbocycles. The van der Waals surface area contributed by atoms with Crippen LogP contribution in [0.3, 0.4) is 0 Å². The molecule has 0 spiro atoms. The van der Waals surface area contributed by atoms with Gasteiger partial charge < -0.3 is 9.64 Å². The highest BCUT2D eigenvalue weighted by Crippen LogP contribution is 2.25. The second kappa shape index (κ2) is 6.89. The summed E-state index contributed by atoms with van der Waals surface area (Å²) in [6, 6.07) is 15.0. The van der Waals surface area contributed by atoms with Crippen LogP contribution in [0, 0.1) is 0 Å². The van der Waals surface area contributed by atoms with Gasteiger partial charge in [0.25, 0.3) is 5.91 Å². The van der Waals surface area contributed by atoms with Gasteiger partial charge in [-0.2, -0.15) is 0 Å². The van der Waals surface area contributed by atoms with Crippen LogP contribution in [0.5, 0.6) is 0 Å². The minimum absolute atomic E-state index is 0.0488. The third-order valence-electron chi connectivity index (χ3n) is 3.41. The van der Waals surface area contributed by atoms with Gasteiger partial charge in [0.1, 0.15) is 0 Å². The minimum Gasteiger partial charge on any atom is -0.469 e. The smallest absolute Gasteiger partial charge is 0.309 e. The van der Waals surface area contributed by atoms with E-state index in [1.54, 1.807) is 25.1 Å². The van der Waals surface area contributed by atoms with E-state index in [-0.39, 0.29) is 18.3 Å². The summed E-state index contributed by atoms with van der Waals surface area (Å²) in [7, 11) is 4.82. The summed E-state index contributed by atoms with van der Waals surface area (Å²) < 4.78 is 4.74. The number of benzene rings is 2. The summed E-state index contributed by atoms with van der Waals surface area (Å²) in [5, 5.41) is 0. The zero-order chi connectivity index (χ0) is 16.1. The van der Waals surface area contributed by atoms with Crippen LogP contribution in [0.25, 0.3) is 11.1 Å². The Hall–Kier alpha value is -2.62. The van der Waals surface area contributed by atoms with Crippen molar-refractivity contribution in [1.29, 1.82) is 0 Å². The molecule has 0 bridgehead atoms. The van der Waals surface area contributed by atoms with Crippen LogP contribution < -0.4 is 0 Å².